The Morgan fingerprint density at radius 2 is 1.50 bits per heavy atom. The predicted octanol–water partition coefficient (Wildman–Crippen LogP) is 2.90. The van der Waals surface area contributed by atoms with E-state index in [0.717, 1.165) is 11.3 Å². The molecule has 0 amide bonds. The van der Waals surface area contributed by atoms with Gasteiger partial charge in [-0.2, -0.15) is 5.11 Å². The van der Waals surface area contributed by atoms with Gasteiger partial charge >= 0.3 is 0 Å². The molecular weight excluding hydrogens is 224 g/mol. The number of nitrogens with two attached hydrogens (primary N) is 1. The van der Waals surface area contributed by atoms with E-state index in [1.807, 2.05) is 60.7 Å². The van der Waals surface area contributed by atoms with Gasteiger partial charge in [0.05, 0.1) is 5.69 Å². The number of hydrogen-bond donors (Lipinski definition) is 1. The molecule has 0 unspecified atom stereocenters. The van der Waals surface area contributed by atoms with Crippen LogP contribution in [0.15, 0.2) is 71.0 Å². The molecule has 2 aromatic carbocycles. The van der Waals surface area contributed by atoms with Gasteiger partial charge in [0.25, 0.3) is 0 Å². The van der Waals surface area contributed by atoms with Crippen molar-refractivity contribution in [1.29, 1.82) is 0 Å². The third kappa shape index (κ3) is 1.87. The minimum Gasteiger partial charge on any atom is -0.307 e. The second-order valence-corrected chi connectivity index (χ2v) is 4.23. The minimum absolute atomic E-state index is 0.105. The molecule has 2 N–H and O–H groups in total. The van der Waals surface area contributed by atoms with Crippen LogP contribution in [-0.4, -0.2) is 6.17 Å². The molecule has 0 spiro atoms. The van der Waals surface area contributed by atoms with Gasteiger partial charge in [0.2, 0.25) is 0 Å². The Bertz CT molecular complexity index is 489. The Hall–Kier alpha value is -2.20. The fourth-order valence-electron chi connectivity index (χ4n) is 2.09. The fraction of sp³-hybridized carbons (Fsp3) is 0.143. The summed E-state index contributed by atoms with van der Waals surface area (Å²) in [7, 11) is 0. The Morgan fingerprint density at radius 3 is 2.17 bits per heavy atom. The third-order valence-corrected chi connectivity index (χ3v) is 3.04. The van der Waals surface area contributed by atoms with E-state index < -0.39 is 0 Å². The number of nitrogens with zero attached hydrogens (tertiary/aromatic N) is 3. The lowest BCUT2D eigenvalue weighted by Crippen LogP contribution is -2.38. The topological polar surface area (TPSA) is 54.0 Å². The van der Waals surface area contributed by atoms with E-state index in [9.17, 15) is 0 Å². The van der Waals surface area contributed by atoms with E-state index in [2.05, 4.69) is 10.3 Å². The lowest BCUT2D eigenvalue weighted by atomic mass is 10.1. The maximum absolute atomic E-state index is 6.23. The summed E-state index contributed by atoms with van der Waals surface area (Å²) in [4.78, 5) is 0. The number of hydrogen-bond acceptors (Lipinski definition) is 4. The van der Waals surface area contributed by atoms with Crippen molar-refractivity contribution in [2.24, 2.45) is 16.1 Å². The van der Waals surface area contributed by atoms with Crippen molar-refractivity contribution in [2.45, 2.75) is 12.2 Å². The van der Waals surface area contributed by atoms with Gasteiger partial charge in [0.15, 0.2) is 0 Å². The van der Waals surface area contributed by atoms with Gasteiger partial charge in [-0.05, 0) is 17.7 Å². The van der Waals surface area contributed by atoms with Crippen LogP contribution in [0.3, 0.4) is 0 Å². The molecule has 0 aromatic heterocycles. The molecule has 0 fully saturated rings. The van der Waals surface area contributed by atoms with Crippen molar-refractivity contribution < 1.29 is 0 Å². The third-order valence-electron chi connectivity index (χ3n) is 3.04. The van der Waals surface area contributed by atoms with Crippen LogP contribution in [0.2, 0.25) is 0 Å². The second kappa shape index (κ2) is 4.58. The molecule has 1 aliphatic heterocycles. The van der Waals surface area contributed by atoms with Crippen LogP contribution in [0.4, 0.5) is 5.69 Å². The van der Waals surface area contributed by atoms with E-state index in [-0.39, 0.29) is 12.2 Å². The molecule has 0 bridgehead atoms. The lowest BCUT2D eigenvalue weighted by molar-refractivity contribution is 0.595. The molecule has 1 heterocycles. The summed E-state index contributed by atoms with van der Waals surface area (Å²) >= 11 is 0. The first-order chi connectivity index (χ1) is 8.86. The molecule has 2 aromatic rings. The molecule has 0 aliphatic carbocycles. The van der Waals surface area contributed by atoms with Crippen LogP contribution in [0, 0.1) is 0 Å². The second-order valence-electron chi connectivity index (χ2n) is 4.23. The van der Waals surface area contributed by atoms with Crippen molar-refractivity contribution in [1.82, 2.24) is 0 Å². The number of para-hydroxylation sites is 1. The van der Waals surface area contributed by atoms with Crippen LogP contribution in [0.25, 0.3) is 0 Å². The van der Waals surface area contributed by atoms with Gasteiger partial charge in [-0.15, -0.1) is 0 Å². The Morgan fingerprint density at radius 1 is 0.889 bits per heavy atom. The first-order valence-corrected chi connectivity index (χ1v) is 5.92. The minimum atomic E-state index is -0.255. The number of rotatable bonds is 2. The highest BCUT2D eigenvalue weighted by atomic mass is 15.6. The highest BCUT2D eigenvalue weighted by Crippen LogP contribution is 2.31. The SMILES string of the molecule is N[C@@H]1[C@@H](c2ccccc2)N=NN1c1ccccc1. The molecule has 4 heteroatoms. The molecule has 3 rings (SSSR count). The van der Waals surface area contributed by atoms with E-state index >= 15 is 0 Å². The van der Waals surface area contributed by atoms with Crippen LogP contribution >= 0.6 is 0 Å². The summed E-state index contributed by atoms with van der Waals surface area (Å²) in [6, 6.07) is 19.8. The number of anilines is 1. The monoisotopic (exact) mass is 238 g/mol. The van der Waals surface area contributed by atoms with E-state index in [0.29, 0.717) is 0 Å². The van der Waals surface area contributed by atoms with Gasteiger partial charge in [-0.25, -0.2) is 5.01 Å². The smallest absolute Gasteiger partial charge is 0.133 e. The average Bonchev–Trinajstić information content (AvgIpc) is 2.83. The zero-order valence-electron chi connectivity index (χ0n) is 9.85. The lowest BCUT2D eigenvalue weighted by Gasteiger charge is -2.21. The van der Waals surface area contributed by atoms with Crippen molar-refractivity contribution in [3.8, 4) is 0 Å². The highest BCUT2D eigenvalue weighted by molar-refractivity contribution is 5.47. The Balaban J connectivity index is 1.86. The molecule has 0 saturated carbocycles. The van der Waals surface area contributed by atoms with Gasteiger partial charge in [0.1, 0.15) is 12.2 Å². The summed E-state index contributed by atoms with van der Waals surface area (Å²) in [5.74, 6) is 0. The summed E-state index contributed by atoms with van der Waals surface area (Å²) in [6.07, 6.45) is -0.255. The predicted molar refractivity (Wildman–Crippen MR) is 70.9 cm³/mol. The normalized spacial score (nSPS) is 22.4. The molecular formula is C14H14N4. The first kappa shape index (κ1) is 10.9. The van der Waals surface area contributed by atoms with Crippen LogP contribution in [0.1, 0.15) is 11.6 Å². The highest BCUT2D eigenvalue weighted by Gasteiger charge is 2.31. The zero-order valence-corrected chi connectivity index (χ0v) is 9.85. The zero-order chi connectivity index (χ0) is 12.4. The first-order valence-electron chi connectivity index (χ1n) is 5.92. The molecule has 90 valence electrons. The standard InChI is InChI=1S/C14H14N4/c15-14-13(11-7-3-1-4-8-11)16-17-18(14)12-9-5-2-6-10-12/h1-10,13-14H,15H2/t13-,14+/m1/s1. The molecule has 0 saturated heterocycles. The van der Waals surface area contributed by atoms with Crippen molar-refractivity contribution in [3.63, 3.8) is 0 Å². The van der Waals surface area contributed by atoms with Crippen molar-refractivity contribution in [3.05, 3.63) is 66.2 Å². The van der Waals surface area contributed by atoms with Crippen molar-refractivity contribution >= 4 is 5.69 Å². The van der Waals surface area contributed by atoms with Crippen LogP contribution < -0.4 is 10.7 Å². The molecule has 18 heavy (non-hydrogen) atoms. The van der Waals surface area contributed by atoms with E-state index in [1.54, 1.807) is 5.01 Å². The summed E-state index contributed by atoms with van der Waals surface area (Å²) in [5, 5.41) is 10.2. The summed E-state index contributed by atoms with van der Waals surface area (Å²) in [6.45, 7) is 0. The van der Waals surface area contributed by atoms with E-state index in [1.165, 1.54) is 0 Å². The van der Waals surface area contributed by atoms with Gasteiger partial charge in [-0.3, -0.25) is 0 Å². The average molecular weight is 238 g/mol. The molecule has 2 atom stereocenters. The maximum Gasteiger partial charge on any atom is 0.133 e. The van der Waals surface area contributed by atoms with Crippen molar-refractivity contribution in [2.75, 3.05) is 5.01 Å². The molecule has 1 aliphatic rings. The van der Waals surface area contributed by atoms with Crippen LogP contribution in [-0.2, 0) is 0 Å². The molecule has 0 radical (unpaired) electrons. The quantitative estimate of drug-likeness (QED) is 0.874. The number of benzene rings is 2. The fourth-order valence-corrected chi connectivity index (χ4v) is 2.09. The summed E-state index contributed by atoms with van der Waals surface area (Å²) < 4.78 is 0. The summed E-state index contributed by atoms with van der Waals surface area (Å²) in [5.41, 5.74) is 8.28. The Labute approximate surface area is 106 Å². The van der Waals surface area contributed by atoms with Gasteiger partial charge in [0, 0.05) is 0 Å². The van der Waals surface area contributed by atoms with Crippen LogP contribution in [0.5, 0.6) is 0 Å². The largest absolute Gasteiger partial charge is 0.307 e. The van der Waals surface area contributed by atoms with Gasteiger partial charge < -0.3 is 5.73 Å². The van der Waals surface area contributed by atoms with E-state index in [4.69, 9.17) is 5.73 Å². The van der Waals surface area contributed by atoms with Gasteiger partial charge in [-0.1, -0.05) is 53.8 Å². The maximum atomic E-state index is 6.23. The Kier molecular flexibility index (Phi) is 2.78. The molecule has 4 nitrogen and oxygen atoms in total.